The Morgan fingerprint density at radius 1 is 1.20 bits per heavy atom. The molecule has 0 unspecified atom stereocenters. The summed E-state index contributed by atoms with van der Waals surface area (Å²) >= 11 is 0. The van der Waals surface area contributed by atoms with Gasteiger partial charge in [0.05, 0.1) is 0 Å². The molecule has 0 aromatic carbocycles. The van der Waals surface area contributed by atoms with Crippen molar-refractivity contribution in [3.63, 3.8) is 0 Å². The molecular formula is C7H15NO2. The van der Waals surface area contributed by atoms with E-state index in [2.05, 4.69) is 0 Å². The Kier molecular flexibility index (Phi) is 2.65. The second kappa shape index (κ2) is 3.32. The first-order valence-corrected chi connectivity index (χ1v) is 3.75. The van der Waals surface area contributed by atoms with Crippen LogP contribution in [0.5, 0.6) is 0 Å². The van der Waals surface area contributed by atoms with Crippen molar-refractivity contribution in [1.29, 1.82) is 0 Å². The second-order valence-electron chi connectivity index (χ2n) is 3.13. The predicted molar refractivity (Wildman–Crippen MR) is 38.4 cm³/mol. The summed E-state index contributed by atoms with van der Waals surface area (Å²) in [5, 5.41) is 17.5. The number of hydrogen-bond acceptors (Lipinski definition) is 3. The zero-order chi connectivity index (χ0) is 7.56. The average Bonchev–Trinajstić information content (AvgIpc) is 2.30. The Morgan fingerprint density at radius 3 is 2.20 bits per heavy atom. The highest BCUT2D eigenvalue weighted by atomic mass is 16.3. The van der Waals surface area contributed by atoms with E-state index in [1.54, 1.807) is 0 Å². The first kappa shape index (κ1) is 7.98. The van der Waals surface area contributed by atoms with Gasteiger partial charge in [-0.1, -0.05) is 0 Å². The molecule has 4 N–H and O–H groups in total. The minimum atomic E-state index is 0.0992. The normalized spacial score (nSPS) is 40.5. The lowest BCUT2D eigenvalue weighted by Gasteiger charge is -2.09. The minimum Gasteiger partial charge on any atom is -0.396 e. The van der Waals surface area contributed by atoms with Gasteiger partial charge in [-0.2, -0.15) is 0 Å². The second-order valence-corrected chi connectivity index (χ2v) is 3.13. The van der Waals surface area contributed by atoms with Crippen LogP contribution in [0.25, 0.3) is 0 Å². The summed E-state index contributed by atoms with van der Waals surface area (Å²) in [5.74, 6) is 0.546. The Hall–Kier alpha value is -0.120. The Balaban J connectivity index is 2.36. The van der Waals surface area contributed by atoms with E-state index in [4.69, 9.17) is 15.9 Å². The van der Waals surface area contributed by atoms with Crippen molar-refractivity contribution >= 4 is 0 Å². The molecule has 0 amide bonds. The van der Waals surface area contributed by atoms with E-state index >= 15 is 0 Å². The lowest BCUT2D eigenvalue weighted by molar-refractivity contribution is 0.199. The maximum atomic E-state index is 8.79. The quantitative estimate of drug-likeness (QED) is 0.482. The van der Waals surface area contributed by atoms with E-state index < -0.39 is 0 Å². The Labute approximate surface area is 60.9 Å². The van der Waals surface area contributed by atoms with Crippen LogP contribution in [0.1, 0.15) is 12.8 Å². The number of rotatable bonds is 2. The van der Waals surface area contributed by atoms with E-state index in [0.29, 0.717) is 5.92 Å². The van der Waals surface area contributed by atoms with E-state index in [1.807, 2.05) is 0 Å². The SMILES string of the molecule is N[C@@H]1C[C@H](CO)C[C@H]1CO. The molecule has 0 aromatic heterocycles. The van der Waals surface area contributed by atoms with Crippen molar-refractivity contribution in [1.82, 2.24) is 0 Å². The zero-order valence-electron chi connectivity index (χ0n) is 6.03. The Morgan fingerprint density at radius 2 is 1.90 bits per heavy atom. The number of aliphatic hydroxyl groups excluding tert-OH is 2. The van der Waals surface area contributed by atoms with Crippen molar-refractivity contribution in [2.75, 3.05) is 13.2 Å². The smallest absolute Gasteiger partial charge is 0.0474 e. The fourth-order valence-corrected chi connectivity index (χ4v) is 1.64. The average molecular weight is 145 g/mol. The summed E-state index contributed by atoms with van der Waals surface area (Å²) in [6.07, 6.45) is 1.75. The molecule has 0 saturated heterocycles. The van der Waals surface area contributed by atoms with Gasteiger partial charge in [-0.15, -0.1) is 0 Å². The fraction of sp³-hybridized carbons (Fsp3) is 1.00. The highest BCUT2D eigenvalue weighted by molar-refractivity contribution is 4.85. The summed E-state index contributed by atoms with van der Waals surface area (Å²) in [5.41, 5.74) is 5.68. The number of nitrogens with two attached hydrogens (primary N) is 1. The topological polar surface area (TPSA) is 66.5 Å². The van der Waals surface area contributed by atoms with Crippen molar-refractivity contribution in [2.45, 2.75) is 18.9 Å². The molecule has 0 heterocycles. The first-order chi connectivity index (χ1) is 4.77. The summed E-state index contributed by atoms with van der Waals surface area (Å²) in [6, 6.07) is 0.0992. The molecule has 3 nitrogen and oxygen atoms in total. The molecule has 60 valence electrons. The number of hydrogen-bond donors (Lipinski definition) is 3. The molecular weight excluding hydrogens is 130 g/mol. The molecule has 0 aliphatic heterocycles. The van der Waals surface area contributed by atoms with Crippen molar-refractivity contribution in [3.8, 4) is 0 Å². The van der Waals surface area contributed by atoms with Gasteiger partial charge in [-0.05, 0) is 24.7 Å². The maximum absolute atomic E-state index is 8.79. The van der Waals surface area contributed by atoms with Crippen molar-refractivity contribution in [3.05, 3.63) is 0 Å². The van der Waals surface area contributed by atoms with Crippen LogP contribution in [-0.2, 0) is 0 Å². The lowest BCUT2D eigenvalue weighted by atomic mass is 10.1. The third kappa shape index (κ3) is 1.48. The van der Waals surface area contributed by atoms with Crippen LogP contribution in [0.3, 0.4) is 0 Å². The third-order valence-corrected chi connectivity index (χ3v) is 2.34. The number of aliphatic hydroxyl groups is 2. The predicted octanol–water partition coefficient (Wildman–Crippen LogP) is -0.676. The molecule has 1 aliphatic rings. The maximum Gasteiger partial charge on any atom is 0.0474 e. The largest absolute Gasteiger partial charge is 0.396 e. The molecule has 3 heteroatoms. The molecule has 1 aliphatic carbocycles. The molecule has 0 aromatic rings. The molecule has 1 rings (SSSR count). The van der Waals surface area contributed by atoms with Crippen LogP contribution in [0.2, 0.25) is 0 Å². The van der Waals surface area contributed by atoms with E-state index in [1.165, 1.54) is 0 Å². The highest BCUT2D eigenvalue weighted by Crippen LogP contribution is 2.28. The van der Waals surface area contributed by atoms with Crippen LogP contribution >= 0.6 is 0 Å². The van der Waals surface area contributed by atoms with E-state index in [9.17, 15) is 0 Å². The molecule has 3 atom stereocenters. The van der Waals surface area contributed by atoms with Crippen LogP contribution in [0.15, 0.2) is 0 Å². The molecule has 1 fully saturated rings. The van der Waals surface area contributed by atoms with Crippen LogP contribution in [0.4, 0.5) is 0 Å². The van der Waals surface area contributed by atoms with Crippen LogP contribution < -0.4 is 5.73 Å². The summed E-state index contributed by atoms with van der Waals surface area (Å²) < 4.78 is 0. The summed E-state index contributed by atoms with van der Waals surface area (Å²) in [6.45, 7) is 0.377. The minimum absolute atomic E-state index is 0.0992. The monoisotopic (exact) mass is 145 g/mol. The highest BCUT2D eigenvalue weighted by Gasteiger charge is 2.30. The third-order valence-electron chi connectivity index (χ3n) is 2.34. The van der Waals surface area contributed by atoms with E-state index in [0.717, 1.165) is 12.8 Å². The van der Waals surface area contributed by atoms with Crippen LogP contribution in [0, 0.1) is 11.8 Å². The van der Waals surface area contributed by atoms with Gasteiger partial charge in [0, 0.05) is 19.3 Å². The molecule has 10 heavy (non-hydrogen) atoms. The molecule has 0 spiro atoms. The standard InChI is InChI=1S/C7H15NO2/c8-7-2-5(3-9)1-6(7)4-10/h5-7,9-10H,1-4,8H2/t5-,6+,7-/m1/s1. The van der Waals surface area contributed by atoms with Gasteiger partial charge in [0.2, 0.25) is 0 Å². The van der Waals surface area contributed by atoms with Gasteiger partial charge in [0.25, 0.3) is 0 Å². The molecule has 0 radical (unpaired) electrons. The fourth-order valence-electron chi connectivity index (χ4n) is 1.64. The lowest BCUT2D eigenvalue weighted by Crippen LogP contribution is -2.26. The first-order valence-electron chi connectivity index (χ1n) is 3.75. The van der Waals surface area contributed by atoms with Gasteiger partial charge in [-0.25, -0.2) is 0 Å². The van der Waals surface area contributed by atoms with Crippen LogP contribution in [-0.4, -0.2) is 29.5 Å². The summed E-state index contributed by atoms with van der Waals surface area (Å²) in [4.78, 5) is 0. The van der Waals surface area contributed by atoms with Gasteiger partial charge < -0.3 is 15.9 Å². The Bertz CT molecular complexity index is 108. The zero-order valence-corrected chi connectivity index (χ0v) is 6.03. The molecule has 0 bridgehead atoms. The van der Waals surface area contributed by atoms with Crippen molar-refractivity contribution in [2.24, 2.45) is 17.6 Å². The van der Waals surface area contributed by atoms with Gasteiger partial charge >= 0.3 is 0 Å². The van der Waals surface area contributed by atoms with Gasteiger partial charge in [0.15, 0.2) is 0 Å². The summed E-state index contributed by atoms with van der Waals surface area (Å²) in [7, 11) is 0. The van der Waals surface area contributed by atoms with E-state index in [-0.39, 0.29) is 25.2 Å². The van der Waals surface area contributed by atoms with Gasteiger partial charge in [0.1, 0.15) is 0 Å². The van der Waals surface area contributed by atoms with Gasteiger partial charge in [-0.3, -0.25) is 0 Å². The molecule has 1 saturated carbocycles. The van der Waals surface area contributed by atoms with Crippen molar-refractivity contribution < 1.29 is 10.2 Å².